The zero-order chi connectivity index (χ0) is 17.5. The molecule has 1 N–H and O–H groups in total. The van der Waals surface area contributed by atoms with Crippen LogP contribution in [-0.4, -0.2) is 44.1 Å². The first-order valence-electron chi connectivity index (χ1n) is 7.50. The highest BCUT2D eigenvalue weighted by Crippen LogP contribution is 2.35. The Morgan fingerprint density at radius 3 is 2.67 bits per heavy atom. The van der Waals surface area contributed by atoms with Gasteiger partial charge in [0, 0.05) is 12.6 Å². The molecule has 0 bridgehead atoms. The maximum Gasteiger partial charge on any atom is 0.254 e. The van der Waals surface area contributed by atoms with E-state index < -0.39 is 50.4 Å². The molecular weight excluding hydrogens is 347 g/mol. The molecule has 2 aliphatic heterocycles. The van der Waals surface area contributed by atoms with E-state index in [4.69, 9.17) is 4.74 Å². The molecule has 3 rings (SSSR count). The van der Waals surface area contributed by atoms with Crippen molar-refractivity contribution in [2.24, 2.45) is 0 Å². The molecule has 2 saturated heterocycles. The number of benzene rings is 1. The summed E-state index contributed by atoms with van der Waals surface area (Å²) in [6.07, 6.45) is 1.06. The largest absolute Gasteiger partial charge is 0.374 e. The Kier molecular flexibility index (Phi) is 4.33. The minimum atomic E-state index is -3.16. The molecule has 132 valence electrons. The van der Waals surface area contributed by atoms with E-state index in [1.807, 2.05) is 0 Å². The lowest BCUT2D eigenvalue weighted by Gasteiger charge is -2.37. The van der Waals surface area contributed by atoms with Gasteiger partial charge in [0.15, 0.2) is 27.3 Å². The van der Waals surface area contributed by atoms with Crippen LogP contribution in [0.15, 0.2) is 12.1 Å². The topological polar surface area (TPSA) is 72.5 Å². The summed E-state index contributed by atoms with van der Waals surface area (Å²) in [5, 5.41) is 2.56. The fourth-order valence-corrected chi connectivity index (χ4v) is 5.25. The van der Waals surface area contributed by atoms with E-state index in [0.29, 0.717) is 18.9 Å². The van der Waals surface area contributed by atoms with Gasteiger partial charge in [-0.3, -0.25) is 4.79 Å². The fourth-order valence-electron chi connectivity index (χ4n) is 3.28. The van der Waals surface area contributed by atoms with E-state index in [-0.39, 0.29) is 24.5 Å². The maximum atomic E-state index is 13.7. The van der Waals surface area contributed by atoms with Crippen molar-refractivity contribution >= 4 is 15.7 Å². The summed E-state index contributed by atoms with van der Waals surface area (Å²) < 4.78 is 68.8. The van der Waals surface area contributed by atoms with Gasteiger partial charge in [-0.1, -0.05) is 0 Å². The molecule has 2 atom stereocenters. The highest BCUT2D eigenvalue weighted by atomic mass is 32.2. The number of carbonyl (C=O) groups excluding carboxylic acids is 1. The molecule has 1 aromatic carbocycles. The Morgan fingerprint density at radius 2 is 2.00 bits per heavy atom. The lowest BCUT2D eigenvalue weighted by atomic mass is 9.89. The van der Waals surface area contributed by atoms with Crippen LogP contribution in [0.25, 0.3) is 0 Å². The van der Waals surface area contributed by atoms with E-state index in [2.05, 4.69) is 5.32 Å². The fraction of sp³-hybridized carbons (Fsp3) is 0.533. The van der Waals surface area contributed by atoms with Crippen molar-refractivity contribution in [3.63, 3.8) is 0 Å². The predicted molar refractivity (Wildman–Crippen MR) is 78.8 cm³/mol. The summed E-state index contributed by atoms with van der Waals surface area (Å²) in [6.45, 7) is 0.265. The third kappa shape index (κ3) is 3.27. The van der Waals surface area contributed by atoms with Crippen LogP contribution in [0.1, 0.15) is 29.6 Å². The van der Waals surface area contributed by atoms with Gasteiger partial charge in [-0.05, 0) is 31.4 Å². The number of nitrogens with one attached hydrogen (secondary N) is 1. The minimum absolute atomic E-state index is 0.0332. The van der Waals surface area contributed by atoms with Crippen LogP contribution < -0.4 is 5.32 Å². The van der Waals surface area contributed by atoms with Crippen LogP contribution in [-0.2, 0) is 14.6 Å². The summed E-state index contributed by atoms with van der Waals surface area (Å²) in [5.74, 6) is -5.55. The summed E-state index contributed by atoms with van der Waals surface area (Å²) in [6, 6.07) is 1.13. The molecule has 24 heavy (non-hydrogen) atoms. The summed E-state index contributed by atoms with van der Waals surface area (Å²) in [4.78, 5) is 12.1. The van der Waals surface area contributed by atoms with E-state index >= 15 is 0 Å². The van der Waals surface area contributed by atoms with Crippen molar-refractivity contribution in [3.8, 4) is 0 Å². The van der Waals surface area contributed by atoms with Crippen molar-refractivity contribution in [2.45, 2.75) is 30.9 Å². The Bertz CT molecular complexity index is 783. The van der Waals surface area contributed by atoms with Gasteiger partial charge in [0.2, 0.25) is 0 Å². The normalized spacial score (nSPS) is 28.9. The molecule has 2 unspecified atom stereocenters. The molecule has 0 aromatic heterocycles. The van der Waals surface area contributed by atoms with Crippen molar-refractivity contribution in [1.82, 2.24) is 5.32 Å². The first-order chi connectivity index (χ1) is 11.2. The Balaban J connectivity index is 1.72. The summed E-state index contributed by atoms with van der Waals surface area (Å²) in [5.41, 5.74) is -1.42. The molecule has 0 aliphatic carbocycles. The molecule has 0 radical (unpaired) electrons. The standard InChI is InChI=1S/C15H16F3NO4S/c16-11-2-1-10(12(17)13(11)18)14(20)19-9-3-5-23-15(7-9)4-6-24(21,22)8-15/h1-2,9H,3-8H2,(H,19,20). The highest BCUT2D eigenvalue weighted by Gasteiger charge is 2.46. The number of sulfone groups is 1. The predicted octanol–water partition coefficient (Wildman–Crippen LogP) is 1.57. The SMILES string of the molecule is O=C(NC1CCOC2(CCS(=O)(=O)C2)C1)c1ccc(F)c(F)c1F. The number of ether oxygens (including phenoxy) is 1. The Morgan fingerprint density at radius 1 is 1.25 bits per heavy atom. The van der Waals surface area contributed by atoms with Crippen LogP contribution in [0.5, 0.6) is 0 Å². The first-order valence-corrected chi connectivity index (χ1v) is 9.32. The quantitative estimate of drug-likeness (QED) is 0.810. The zero-order valence-electron chi connectivity index (χ0n) is 12.6. The lowest BCUT2D eigenvalue weighted by Crippen LogP contribution is -2.49. The first kappa shape index (κ1) is 17.2. The number of halogens is 3. The average Bonchev–Trinajstić information content (AvgIpc) is 2.79. The van der Waals surface area contributed by atoms with Gasteiger partial charge in [0.25, 0.3) is 5.91 Å². The molecule has 2 fully saturated rings. The number of carbonyl (C=O) groups is 1. The van der Waals surface area contributed by atoms with Gasteiger partial charge in [-0.2, -0.15) is 0 Å². The van der Waals surface area contributed by atoms with Gasteiger partial charge in [0.05, 0.1) is 22.7 Å². The van der Waals surface area contributed by atoms with E-state index in [9.17, 15) is 26.4 Å². The van der Waals surface area contributed by atoms with Crippen molar-refractivity contribution in [1.29, 1.82) is 0 Å². The second kappa shape index (κ2) is 6.03. The number of amides is 1. The maximum absolute atomic E-state index is 13.7. The van der Waals surface area contributed by atoms with Crippen LogP contribution in [0, 0.1) is 17.5 Å². The van der Waals surface area contributed by atoms with Crippen LogP contribution in [0.4, 0.5) is 13.2 Å². The van der Waals surface area contributed by atoms with Gasteiger partial charge >= 0.3 is 0 Å². The van der Waals surface area contributed by atoms with Gasteiger partial charge in [-0.25, -0.2) is 21.6 Å². The van der Waals surface area contributed by atoms with Crippen LogP contribution in [0.2, 0.25) is 0 Å². The lowest BCUT2D eigenvalue weighted by molar-refractivity contribution is -0.0691. The third-order valence-corrected chi connectivity index (χ3v) is 6.25. The summed E-state index contributed by atoms with van der Waals surface area (Å²) in [7, 11) is -3.16. The van der Waals surface area contributed by atoms with Crippen LogP contribution in [0.3, 0.4) is 0 Å². The molecule has 5 nitrogen and oxygen atoms in total. The molecule has 0 saturated carbocycles. The second-order valence-electron chi connectivity index (χ2n) is 6.26. The molecule has 9 heteroatoms. The Labute approximate surface area is 137 Å². The molecule has 1 spiro atoms. The van der Waals surface area contributed by atoms with Crippen molar-refractivity contribution in [2.75, 3.05) is 18.1 Å². The number of hydrogen-bond acceptors (Lipinski definition) is 4. The highest BCUT2D eigenvalue weighted by molar-refractivity contribution is 7.91. The number of hydrogen-bond donors (Lipinski definition) is 1. The molecular formula is C15H16F3NO4S. The van der Waals surface area contributed by atoms with Gasteiger partial charge in [0.1, 0.15) is 0 Å². The molecule has 2 aliphatic rings. The van der Waals surface area contributed by atoms with Gasteiger partial charge in [-0.15, -0.1) is 0 Å². The van der Waals surface area contributed by atoms with E-state index in [1.54, 1.807) is 0 Å². The third-order valence-electron chi connectivity index (χ3n) is 4.46. The van der Waals surface area contributed by atoms with Gasteiger partial charge < -0.3 is 10.1 Å². The van der Waals surface area contributed by atoms with Crippen LogP contribution >= 0.6 is 0 Å². The smallest absolute Gasteiger partial charge is 0.254 e. The minimum Gasteiger partial charge on any atom is -0.374 e. The summed E-state index contributed by atoms with van der Waals surface area (Å²) >= 11 is 0. The van der Waals surface area contributed by atoms with E-state index in [1.165, 1.54) is 0 Å². The monoisotopic (exact) mass is 363 g/mol. The number of rotatable bonds is 2. The Hall–Kier alpha value is -1.61. The van der Waals surface area contributed by atoms with E-state index in [0.717, 1.165) is 6.07 Å². The zero-order valence-corrected chi connectivity index (χ0v) is 13.5. The second-order valence-corrected chi connectivity index (χ2v) is 8.44. The molecule has 1 aromatic rings. The van der Waals surface area contributed by atoms with Crippen molar-refractivity contribution < 1.29 is 31.1 Å². The van der Waals surface area contributed by atoms with Crippen molar-refractivity contribution in [3.05, 3.63) is 35.1 Å². The average molecular weight is 363 g/mol. The molecule has 2 heterocycles. The molecule has 1 amide bonds.